The fraction of sp³-hybridized carbons (Fsp3) is 0.500. The lowest BCUT2D eigenvalue weighted by Crippen LogP contribution is -2.44. The van der Waals surface area contributed by atoms with E-state index in [0.717, 1.165) is 51.3 Å². The first-order chi connectivity index (χ1) is 12.8. The van der Waals surface area contributed by atoms with Crippen LogP contribution in [-0.2, 0) is 13.0 Å². The fourth-order valence-electron chi connectivity index (χ4n) is 3.40. The molecule has 1 amide bonds. The Morgan fingerprint density at radius 3 is 2.73 bits per heavy atom. The number of hydrogen-bond donors (Lipinski definition) is 2. The zero-order valence-corrected chi connectivity index (χ0v) is 15.6. The van der Waals surface area contributed by atoms with Crippen molar-refractivity contribution in [3.05, 3.63) is 53.3 Å². The van der Waals surface area contributed by atoms with Crippen molar-refractivity contribution < 1.29 is 4.79 Å². The average molecular weight is 355 g/mol. The molecule has 2 N–H and O–H groups in total. The van der Waals surface area contributed by atoms with E-state index in [1.54, 1.807) is 6.20 Å². The molecular formula is C20H29N5O. The second-order valence-corrected chi connectivity index (χ2v) is 6.70. The zero-order valence-electron chi connectivity index (χ0n) is 15.6. The van der Waals surface area contributed by atoms with Gasteiger partial charge in [-0.3, -0.25) is 9.48 Å². The molecule has 3 rings (SSSR count). The van der Waals surface area contributed by atoms with Crippen molar-refractivity contribution in [2.45, 2.75) is 26.3 Å². The van der Waals surface area contributed by atoms with Gasteiger partial charge in [0.05, 0.1) is 24.0 Å². The maximum Gasteiger partial charge on any atom is 0.254 e. The van der Waals surface area contributed by atoms with Gasteiger partial charge in [0, 0.05) is 32.7 Å². The molecule has 0 radical (unpaired) electrons. The molecule has 0 saturated carbocycles. The number of piperazine rings is 1. The third kappa shape index (κ3) is 4.93. The van der Waals surface area contributed by atoms with Crippen molar-refractivity contribution in [2.75, 3.05) is 39.3 Å². The van der Waals surface area contributed by atoms with E-state index in [4.69, 9.17) is 0 Å². The molecular weight excluding hydrogens is 326 g/mol. The zero-order chi connectivity index (χ0) is 18.2. The molecule has 2 heterocycles. The molecule has 140 valence electrons. The fourth-order valence-corrected chi connectivity index (χ4v) is 3.40. The van der Waals surface area contributed by atoms with Crippen LogP contribution < -0.4 is 10.6 Å². The predicted molar refractivity (Wildman–Crippen MR) is 103 cm³/mol. The minimum absolute atomic E-state index is 0.0125. The van der Waals surface area contributed by atoms with Crippen molar-refractivity contribution in [1.82, 2.24) is 25.3 Å². The summed E-state index contributed by atoms with van der Waals surface area (Å²) in [5, 5.41) is 10.9. The van der Waals surface area contributed by atoms with Crippen LogP contribution in [0, 0.1) is 0 Å². The quantitative estimate of drug-likeness (QED) is 0.705. The van der Waals surface area contributed by atoms with Crippen LogP contribution in [0.2, 0.25) is 0 Å². The van der Waals surface area contributed by atoms with E-state index in [1.165, 1.54) is 5.56 Å². The molecule has 1 fully saturated rings. The van der Waals surface area contributed by atoms with Crippen LogP contribution in [0.1, 0.15) is 35.0 Å². The smallest absolute Gasteiger partial charge is 0.254 e. The standard InChI is InChI=1S/C20H29N5O/c1-2-19-18(15-23-25(19)16-17-7-4-3-5-8-17)20(26)22-9-6-12-24-13-10-21-11-14-24/h3-5,7-8,15,21H,2,6,9-14,16H2,1H3,(H,22,26). The van der Waals surface area contributed by atoms with Crippen molar-refractivity contribution in [3.63, 3.8) is 0 Å². The number of carbonyl (C=O) groups is 1. The van der Waals surface area contributed by atoms with Crippen molar-refractivity contribution in [3.8, 4) is 0 Å². The van der Waals surface area contributed by atoms with Crippen LogP contribution >= 0.6 is 0 Å². The minimum Gasteiger partial charge on any atom is -0.352 e. The molecule has 1 aromatic carbocycles. The van der Waals surface area contributed by atoms with E-state index in [0.29, 0.717) is 18.7 Å². The molecule has 6 heteroatoms. The van der Waals surface area contributed by atoms with E-state index in [2.05, 4.69) is 39.7 Å². The SMILES string of the molecule is CCc1c(C(=O)NCCCN2CCNCC2)cnn1Cc1ccccc1. The summed E-state index contributed by atoms with van der Waals surface area (Å²) in [6.45, 7) is 8.83. The first-order valence-corrected chi connectivity index (χ1v) is 9.58. The van der Waals surface area contributed by atoms with Crippen LogP contribution in [0.25, 0.3) is 0 Å². The number of benzene rings is 1. The highest BCUT2D eigenvalue weighted by Crippen LogP contribution is 2.12. The third-order valence-electron chi connectivity index (χ3n) is 4.85. The first kappa shape index (κ1) is 18.6. The summed E-state index contributed by atoms with van der Waals surface area (Å²) in [6.07, 6.45) is 3.47. The molecule has 0 bridgehead atoms. The molecule has 0 unspecified atom stereocenters. The number of carbonyl (C=O) groups excluding carboxylic acids is 1. The molecule has 1 aromatic heterocycles. The first-order valence-electron chi connectivity index (χ1n) is 9.58. The van der Waals surface area contributed by atoms with Gasteiger partial charge in [-0.1, -0.05) is 37.3 Å². The average Bonchev–Trinajstić information content (AvgIpc) is 3.09. The summed E-state index contributed by atoms with van der Waals surface area (Å²) in [5.41, 5.74) is 2.88. The Morgan fingerprint density at radius 2 is 2.00 bits per heavy atom. The van der Waals surface area contributed by atoms with Crippen LogP contribution in [0.5, 0.6) is 0 Å². The van der Waals surface area contributed by atoms with E-state index >= 15 is 0 Å². The number of hydrogen-bond acceptors (Lipinski definition) is 4. The minimum atomic E-state index is -0.0125. The summed E-state index contributed by atoms with van der Waals surface area (Å²) < 4.78 is 1.94. The van der Waals surface area contributed by atoms with Crippen molar-refractivity contribution in [2.24, 2.45) is 0 Å². The number of amides is 1. The van der Waals surface area contributed by atoms with Crippen LogP contribution in [0.4, 0.5) is 0 Å². The Labute approximate surface area is 155 Å². The highest BCUT2D eigenvalue weighted by molar-refractivity contribution is 5.95. The molecule has 0 spiro atoms. The molecule has 1 saturated heterocycles. The van der Waals surface area contributed by atoms with Crippen molar-refractivity contribution in [1.29, 1.82) is 0 Å². The lowest BCUT2D eigenvalue weighted by Gasteiger charge is -2.27. The second kappa shape index (κ2) is 9.50. The molecule has 0 atom stereocenters. The van der Waals surface area contributed by atoms with E-state index in [-0.39, 0.29) is 5.91 Å². The largest absolute Gasteiger partial charge is 0.352 e. The second-order valence-electron chi connectivity index (χ2n) is 6.70. The summed E-state index contributed by atoms with van der Waals surface area (Å²) in [5.74, 6) is -0.0125. The molecule has 1 aliphatic rings. The van der Waals surface area contributed by atoms with Gasteiger partial charge in [0.1, 0.15) is 0 Å². The Morgan fingerprint density at radius 1 is 1.23 bits per heavy atom. The van der Waals surface area contributed by atoms with Crippen LogP contribution in [0.15, 0.2) is 36.5 Å². The lowest BCUT2D eigenvalue weighted by molar-refractivity contribution is 0.0950. The Bertz CT molecular complexity index is 691. The van der Waals surface area contributed by atoms with Gasteiger partial charge in [-0.25, -0.2) is 0 Å². The predicted octanol–water partition coefficient (Wildman–Crippen LogP) is 1.52. The van der Waals surface area contributed by atoms with Gasteiger partial charge in [0.15, 0.2) is 0 Å². The van der Waals surface area contributed by atoms with Gasteiger partial charge in [0.25, 0.3) is 5.91 Å². The molecule has 0 aliphatic carbocycles. The molecule has 6 nitrogen and oxygen atoms in total. The highest BCUT2D eigenvalue weighted by atomic mass is 16.1. The Hall–Kier alpha value is -2.18. The van der Waals surface area contributed by atoms with Crippen LogP contribution in [0.3, 0.4) is 0 Å². The summed E-state index contributed by atoms with van der Waals surface area (Å²) in [6, 6.07) is 10.2. The highest BCUT2D eigenvalue weighted by Gasteiger charge is 2.16. The summed E-state index contributed by atoms with van der Waals surface area (Å²) in [4.78, 5) is 15.0. The normalized spacial score (nSPS) is 15.1. The van der Waals surface area contributed by atoms with Crippen LogP contribution in [-0.4, -0.2) is 59.9 Å². The van der Waals surface area contributed by atoms with E-state index < -0.39 is 0 Å². The summed E-state index contributed by atoms with van der Waals surface area (Å²) >= 11 is 0. The Kier molecular flexibility index (Phi) is 6.80. The van der Waals surface area contributed by atoms with Gasteiger partial charge in [-0.15, -0.1) is 0 Å². The van der Waals surface area contributed by atoms with Gasteiger partial charge in [-0.05, 0) is 24.9 Å². The molecule has 2 aromatic rings. The number of rotatable bonds is 8. The van der Waals surface area contributed by atoms with Crippen molar-refractivity contribution >= 4 is 5.91 Å². The lowest BCUT2D eigenvalue weighted by atomic mass is 10.1. The maximum absolute atomic E-state index is 12.6. The maximum atomic E-state index is 12.6. The topological polar surface area (TPSA) is 62.2 Å². The van der Waals surface area contributed by atoms with Gasteiger partial charge < -0.3 is 15.5 Å². The molecule has 1 aliphatic heterocycles. The molecule has 26 heavy (non-hydrogen) atoms. The summed E-state index contributed by atoms with van der Waals surface area (Å²) in [7, 11) is 0. The van der Waals surface area contributed by atoms with Gasteiger partial charge in [0.2, 0.25) is 0 Å². The Balaban J connectivity index is 1.52. The number of nitrogens with one attached hydrogen (secondary N) is 2. The van der Waals surface area contributed by atoms with E-state index in [1.807, 2.05) is 22.9 Å². The number of nitrogens with zero attached hydrogens (tertiary/aromatic N) is 3. The van der Waals surface area contributed by atoms with E-state index in [9.17, 15) is 4.79 Å². The number of aromatic nitrogens is 2. The van der Waals surface area contributed by atoms with Gasteiger partial charge in [-0.2, -0.15) is 5.10 Å². The van der Waals surface area contributed by atoms with Gasteiger partial charge >= 0.3 is 0 Å². The monoisotopic (exact) mass is 355 g/mol. The third-order valence-corrected chi connectivity index (χ3v) is 4.85.